The molecule has 4 rings (SSSR count). The molecule has 0 fully saturated rings. The van der Waals surface area contributed by atoms with Crippen LogP contribution in [0.15, 0.2) is 53.4 Å². The van der Waals surface area contributed by atoms with Gasteiger partial charge in [-0.3, -0.25) is 4.79 Å². The fourth-order valence-electron chi connectivity index (χ4n) is 3.86. The molecule has 0 spiro atoms. The van der Waals surface area contributed by atoms with Gasteiger partial charge in [-0.25, -0.2) is 8.42 Å². The van der Waals surface area contributed by atoms with Crippen molar-refractivity contribution in [1.29, 1.82) is 0 Å². The maximum Gasteiger partial charge on any atom is 0.321 e. The van der Waals surface area contributed by atoms with E-state index in [4.69, 9.17) is 0 Å². The highest BCUT2D eigenvalue weighted by Crippen LogP contribution is 2.37. The van der Waals surface area contributed by atoms with Gasteiger partial charge in [0.05, 0.1) is 4.90 Å². The Morgan fingerprint density at radius 2 is 1.86 bits per heavy atom. The van der Waals surface area contributed by atoms with Crippen LogP contribution in [0.3, 0.4) is 0 Å². The Bertz CT molecular complexity index is 1140. The zero-order valence-corrected chi connectivity index (χ0v) is 17.6. The molecule has 5 nitrogen and oxygen atoms in total. The van der Waals surface area contributed by atoms with E-state index >= 15 is 0 Å². The maximum atomic E-state index is 12.9. The lowest BCUT2D eigenvalue weighted by molar-refractivity contribution is -0.139. The van der Waals surface area contributed by atoms with E-state index in [1.54, 1.807) is 23.5 Å². The molecule has 1 aliphatic carbocycles. The number of sulfonamides is 1. The number of benzene rings is 2. The highest BCUT2D eigenvalue weighted by Gasteiger charge is 2.26. The first-order chi connectivity index (χ1) is 13.9. The maximum absolute atomic E-state index is 12.9. The molecule has 0 unspecified atom stereocenters. The Morgan fingerprint density at radius 3 is 2.62 bits per heavy atom. The van der Waals surface area contributed by atoms with Crippen LogP contribution >= 0.6 is 11.3 Å². The SMILES string of the molecule is O=C(O)[C@H](CCc1ccccc1)NS(=O)(=O)c1ccc2c3c(sc2c1)CCCC3. The van der Waals surface area contributed by atoms with E-state index in [-0.39, 0.29) is 11.3 Å². The number of aryl methyl sites for hydroxylation is 3. The van der Waals surface area contributed by atoms with E-state index in [1.165, 1.54) is 23.3 Å². The minimum absolute atomic E-state index is 0.120. The Balaban J connectivity index is 1.55. The van der Waals surface area contributed by atoms with Crippen LogP contribution in [-0.4, -0.2) is 25.5 Å². The van der Waals surface area contributed by atoms with Gasteiger partial charge in [0, 0.05) is 9.58 Å². The van der Waals surface area contributed by atoms with Crippen molar-refractivity contribution < 1.29 is 18.3 Å². The monoisotopic (exact) mass is 429 g/mol. The van der Waals surface area contributed by atoms with Gasteiger partial charge in [0.15, 0.2) is 0 Å². The quantitative estimate of drug-likeness (QED) is 0.591. The molecular formula is C22H23NO4S2. The van der Waals surface area contributed by atoms with Crippen LogP contribution in [0.5, 0.6) is 0 Å². The predicted molar refractivity (Wildman–Crippen MR) is 115 cm³/mol. The van der Waals surface area contributed by atoms with E-state index in [9.17, 15) is 18.3 Å². The minimum Gasteiger partial charge on any atom is -0.480 e. The highest BCUT2D eigenvalue weighted by atomic mass is 32.2. The molecule has 0 saturated heterocycles. The normalized spacial score (nSPS) is 15.2. The average Bonchev–Trinajstić information content (AvgIpc) is 3.09. The second kappa shape index (κ2) is 8.26. The summed E-state index contributed by atoms with van der Waals surface area (Å²) in [5.41, 5.74) is 2.32. The Labute approximate surface area is 174 Å². The third kappa shape index (κ3) is 4.37. The van der Waals surface area contributed by atoms with Gasteiger partial charge in [-0.1, -0.05) is 36.4 Å². The van der Waals surface area contributed by atoms with Crippen molar-refractivity contribution in [1.82, 2.24) is 4.72 Å². The van der Waals surface area contributed by atoms with Gasteiger partial charge in [-0.2, -0.15) is 4.72 Å². The van der Waals surface area contributed by atoms with Gasteiger partial charge in [0.25, 0.3) is 0 Å². The van der Waals surface area contributed by atoms with Crippen molar-refractivity contribution in [2.24, 2.45) is 0 Å². The van der Waals surface area contributed by atoms with E-state index in [1.807, 2.05) is 36.4 Å². The minimum atomic E-state index is -3.93. The molecule has 1 atom stereocenters. The molecule has 1 aromatic heterocycles. The van der Waals surface area contributed by atoms with Gasteiger partial charge >= 0.3 is 5.97 Å². The van der Waals surface area contributed by atoms with Crippen LogP contribution in [-0.2, 0) is 34.1 Å². The van der Waals surface area contributed by atoms with Crippen molar-refractivity contribution in [2.45, 2.75) is 49.5 Å². The fraction of sp³-hybridized carbons (Fsp3) is 0.318. The van der Waals surface area contributed by atoms with Crippen LogP contribution in [0.4, 0.5) is 0 Å². The summed E-state index contributed by atoms with van der Waals surface area (Å²) in [5, 5.41) is 10.6. The summed E-state index contributed by atoms with van der Waals surface area (Å²) in [6.07, 6.45) is 5.11. The lowest BCUT2D eigenvalue weighted by atomic mass is 9.96. The highest BCUT2D eigenvalue weighted by molar-refractivity contribution is 7.89. The number of hydrogen-bond acceptors (Lipinski definition) is 4. The number of carbonyl (C=O) groups is 1. The molecule has 1 aliphatic rings. The summed E-state index contributed by atoms with van der Waals surface area (Å²) < 4.78 is 29.1. The Hall–Kier alpha value is -2.22. The Kier molecular flexibility index (Phi) is 5.72. The number of fused-ring (bicyclic) bond motifs is 3. The number of aliphatic carboxylic acids is 1. The lowest BCUT2D eigenvalue weighted by Crippen LogP contribution is -2.41. The molecule has 29 heavy (non-hydrogen) atoms. The van der Waals surface area contributed by atoms with Crippen LogP contribution in [0.1, 0.15) is 35.3 Å². The van der Waals surface area contributed by atoms with Crippen LogP contribution < -0.4 is 4.72 Å². The lowest BCUT2D eigenvalue weighted by Gasteiger charge is -2.15. The van der Waals surface area contributed by atoms with Crippen LogP contribution in [0.25, 0.3) is 10.1 Å². The summed E-state index contributed by atoms with van der Waals surface area (Å²) in [6, 6.07) is 13.4. The molecule has 2 N–H and O–H groups in total. The smallest absolute Gasteiger partial charge is 0.321 e. The summed E-state index contributed by atoms with van der Waals surface area (Å²) >= 11 is 1.65. The number of rotatable bonds is 7. The van der Waals surface area contributed by atoms with E-state index < -0.39 is 22.0 Å². The van der Waals surface area contributed by atoms with Crippen LogP contribution in [0.2, 0.25) is 0 Å². The third-order valence-electron chi connectivity index (χ3n) is 5.40. The van der Waals surface area contributed by atoms with Crippen molar-refractivity contribution >= 4 is 37.4 Å². The number of thiophene rings is 1. The van der Waals surface area contributed by atoms with Gasteiger partial charge in [-0.05, 0) is 67.2 Å². The third-order valence-corrected chi connectivity index (χ3v) is 8.12. The Morgan fingerprint density at radius 1 is 1.10 bits per heavy atom. The first-order valence-electron chi connectivity index (χ1n) is 9.77. The van der Waals surface area contributed by atoms with Crippen molar-refractivity contribution in [3.8, 4) is 0 Å². The second-order valence-electron chi connectivity index (χ2n) is 7.41. The van der Waals surface area contributed by atoms with Crippen LogP contribution in [0, 0.1) is 0 Å². The van der Waals surface area contributed by atoms with Gasteiger partial charge in [-0.15, -0.1) is 11.3 Å². The number of carboxylic acids is 1. The summed E-state index contributed by atoms with van der Waals surface area (Å²) in [5.74, 6) is -1.17. The van der Waals surface area contributed by atoms with Gasteiger partial charge < -0.3 is 5.11 Å². The van der Waals surface area contributed by atoms with Gasteiger partial charge in [0.1, 0.15) is 6.04 Å². The molecule has 0 amide bonds. The number of carboxylic acid groups (broad SMARTS) is 1. The molecule has 152 valence electrons. The standard InChI is InChI=1S/C22H23NO4S2/c24-22(25)19(13-10-15-6-2-1-3-7-15)23-29(26,27)16-11-12-18-17-8-4-5-9-20(17)28-21(18)14-16/h1-3,6-7,11-12,14,19,23H,4-5,8-10,13H2,(H,24,25)/t19-/m0/s1. The summed E-state index contributed by atoms with van der Waals surface area (Å²) in [4.78, 5) is 13.1. The molecular weight excluding hydrogens is 406 g/mol. The van der Waals surface area contributed by atoms with Crippen molar-refractivity contribution in [2.75, 3.05) is 0 Å². The topological polar surface area (TPSA) is 83.5 Å². The zero-order chi connectivity index (χ0) is 20.4. The molecule has 0 bridgehead atoms. The van der Waals surface area contributed by atoms with Crippen molar-refractivity contribution in [3.63, 3.8) is 0 Å². The molecule has 2 aromatic carbocycles. The molecule has 0 radical (unpaired) electrons. The van der Waals surface area contributed by atoms with E-state index in [2.05, 4.69) is 4.72 Å². The summed E-state index contributed by atoms with van der Waals surface area (Å²) in [6.45, 7) is 0. The molecule has 3 aromatic rings. The fourth-order valence-corrected chi connectivity index (χ4v) is 6.51. The second-order valence-corrected chi connectivity index (χ2v) is 10.3. The average molecular weight is 430 g/mol. The number of hydrogen-bond donors (Lipinski definition) is 2. The largest absolute Gasteiger partial charge is 0.480 e. The molecule has 0 saturated carbocycles. The predicted octanol–water partition coefficient (Wildman–Crippen LogP) is 4.14. The number of nitrogens with one attached hydrogen (secondary N) is 1. The first kappa shape index (κ1) is 20.1. The van der Waals surface area contributed by atoms with E-state index in [0.717, 1.165) is 28.5 Å². The van der Waals surface area contributed by atoms with Crippen molar-refractivity contribution in [3.05, 3.63) is 64.5 Å². The van der Waals surface area contributed by atoms with Gasteiger partial charge in [0.2, 0.25) is 10.0 Å². The first-order valence-corrected chi connectivity index (χ1v) is 12.1. The molecule has 1 heterocycles. The molecule has 7 heteroatoms. The zero-order valence-electron chi connectivity index (χ0n) is 15.9. The van der Waals surface area contributed by atoms with E-state index in [0.29, 0.717) is 6.42 Å². The molecule has 0 aliphatic heterocycles. The summed E-state index contributed by atoms with van der Waals surface area (Å²) in [7, 11) is -3.93.